The Labute approximate surface area is 69.2 Å². The monoisotopic (exact) mass is 164 g/mol. The van der Waals surface area contributed by atoms with Gasteiger partial charge in [-0.2, -0.15) is 0 Å². The number of H-pyrrole nitrogens is 1. The van der Waals surface area contributed by atoms with Crippen LogP contribution in [-0.4, -0.2) is 4.98 Å². The molecule has 0 amide bonds. The predicted octanol–water partition coefficient (Wildman–Crippen LogP) is 2.20. The molecule has 0 radical (unpaired) electrons. The summed E-state index contributed by atoms with van der Waals surface area (Å²) in [6, 6.07) is 4.69. The van der Waals surface area contributed by atoms with E-state index in [0.29, 0.717) is 16.6 Å². The molecule has 0 aliphatic heterocycles. The fourth-order valence-corrected chi connectivity index (χ4v) is 1.34. The van der Waals surface area contributed by atoms with Crippen molar-refractivity contribution in [1.82, 2.24) is 4.98 Å². The fourth-order valence-electron chi connectivity index (χ4n) is 1.34. The molecule has 0 saturated carbocycles. The Morgan fingerprint density at radius 2 is 2.17 bits per heavy atom. The first-order valence-electron chi connectivity index (χ1n) is 3.72. The number of benzene rings is 1. The lowest BCUT2D eigenvalue weighted by Gasteiger charge is -1.95. The SMILES string of the molecule is Cc1cc2c(F)ccc(N)c2[nH]1. The molecule has 2 aromatic rings. The molecule has 2 nitrogen and oxygen atoms in total. The molecule has 0 aliphatic rings. The van der Waals surface area contributed by atoms with Gasteiger partial charge >= 0.3 is 0 Å². The minimum absolute atomic E-state index is 0.233. The average molecular weight is 164 g/mol. The van der Waals surface area contributed by atoms with E-state index in [4.69, 9.17) is 5.73 Å². The minimum atomic E-state index is -0.233. The van der Waals surface area contributed by atoms with Crippen LogP contribution in [0.25, 0.3) is 10.9 Å². The third kappa shape index (κ3) is 0.863. The first-order chi connectivity index (χ1) is 5.68. The number of aryl methyl sites for hydroxylation is 1. The molecule has 0 spiro atoms. The van der Waals surface area contributed by atoms with Gasteiger partial charge in [0.2, 0.25) is 0 Å². The topological polar surface area (TPSA) is 41.8 Å². The smallest absolute Gasteiger partial charge is 0.132 e. The van der Waals surface area contributed by atoms with E-state index in [1.807, 2.05) is 6.92 Å². The van der Waals surface area contributed by atoms with E-state index in [2.05, 4.69) is 4.98 Å². The number of rotatable bonds is 0. The van der Waals surface area contributed by atoms with Gasteiger partial charge < -0.3 is 10.7 Å². The van der Waals surface area contributed by atoms with Gasteiger partial charge in [0, 0.05) is 11.1 Å². The number of hydrogen-bond acceptors (Lipinski definition) is 1. The highest BCUT2D eigenvalue weighted by atomic mass is 19.1. The van der Waals surface area contributed by atoms with E-state index in [0.717, 1.165) is 5.69 Å². The standard InChI is InChI=1S/C9H9FN2/c1-5-4-6-7(10)2-3-8(11)9(6)12-5/h2-4,12H,11H2,1H3. The number of anilines is 1. The Morgan fingerprint density at radius 3 is 2.83 bits per heavy atom. The zero-order valence-electron chi connectivity index (χ0n) is 6.69. The van der Waals surface area contributed by atoms with Crippen LogP contribution in [0.1, 0.15) is 5.69 Å². The van der Waals surface area contributed by atoms with Gasteiger partial charge in [0.25, 0.3) is 0 Å². The van der Waals surface area contributed by atoms with Gasteiger partial charge in [0.1, 0.15) is 5.82 Å². The van der Waals surface area contributed by atoms with Crippen LogP contribution in [0.3, 0.4) is 0 Å². The van der Waals surface area contributed by atoms with Crippen molar-refractivity contribution in [2.75, 3.05) is 5.73 Å². The minimum Gasteiger partial charge on any atom is -0.397 e. The van der Waals surface area contributed by atoms with Crippen LogP contribution in [0.15, 0.2) is 18.2 Å². The number of nitrogens with one attached hydrogen (secondary N) is 1. The lowest BCUT2D eigenvalue weighted by Crippen LogP contribution is -1.87. The van der Waals surface area contributed by atoms with Crippen molar-refractivity contribution < 1.29 is 4.39 Å². The van der Waals surface area contributed by atoms with Crippen molar-refractivity contribution >= 4 is 16.6 Å². The van der Waals surface area contributed by atoms with Gasteiger partial charge in [0.15, 0.2) is 0 Å². The van der Waals surface area contributed by atoms with Crippen LogP contribution in [0.5, 0.6) is 0 Å². The number of hydrogen-bond donors (Lipinski definition) is 2. The molecular formula is C9H9FN2. The van der Waals surface area contributed by atoms with Crippen LogP contribution in [0.2, 0.25) is 0 Å². The molecule has 62 valence electrons. The molecule has 3 N–H and O–H groups in total. The summed E-state index contributed by atoms with van der Waals surface area (Å²) in [5.74, 6) is -0.233. The van der Waals surface area contributed by atoms with Crippen LogP contribution >= 0.6 is 0 Å². The van der Waals surface area contributed by atoms with Crippen LogP contribution in [-0.2, 0) is 0 Å². The van der Waals surface area contributed by atoms with E-state index >= 15 is 0 Å². The second-order valence-electron chi connectivity index (χ2n) is 2.88. The van der Waals surface area contributed by atoms with Crippen LogP contribution < -0.4 is 5.73 Å². The molecule has 0 atom stereocenters. The number of fused-ring (bicyclic) bond motifs is 1. The van der Waals surface area contributed by atoms with Gasteiger partial charge in [-0.25, -0.2) is 4.39 Å². The van der Waals surface area contributed by atoms with Crippen molar-refractivity contribution in [1.29, 1.82) is 0 Å². The molecule has 0 aliphatic carbocycles. The highest BCUT2D eigenvalue weighted by Crippen LogP contribution is 2.23. The molecule has 12 heavy (non-hydrogen) atoms. The van der Waals surface area contributed by atoms with Crippen molar-refractivity contribution in [2.24, 2.45) is 0 Å². The normalized spacial score (nSPS) is 10.8. The quantitative estimate of drug-likeness (QED) is 0.576. The molecular weight excluding hydrogens is 155 g/mol. The van der Waals surface area contributed by atoms with E-state index in [1.165, 1.54) is 6.07 Å². The number of aromatic amines is 1. The summed E-state index contributed by atoms with van der Waals surface area (Å²) in [6.45, 7) is 1.87. The number of halogens is 1. The van der Waals surface area contributed by atoms with E-state index in [9.17, 15) is 4.39 Å². The highest BCUT2D eigenvalue weighted by Gasteiger charge is 2.05. The Bertz CT molecular complexity index is 392. The second-order valence-corrected chi connectivity index (χ2v) is 2.88. The highest BCUT2D eigenvalue weighted by molar-refractivity contribution is 5.90. The summed E-state index contributed by atoms with van der Waals surface area (Å²) in [7, 11) is 0. The van der Waals surface area contributed by atoms with Crippen LogP contribution in [0, 0.1) is 12.7 Å². The third-order valence-electron chi connectivity index (χ3n) is 1.91. The summed E-state index contributed by atoms with van der Waals surface area (Å²) in [5.41, 5.74) is 7.83. The molecule has 1 aromatic carbocycles. The first-order valence-corrected chi connectivity index (χ1v) is 3.72. The van der Waals surface area contributed by atoms with Gasteiger partial charge in [-0.05, 0) is 25.1 Å². The van der Waals surface area contributed by atoms with E-state index < -0.39 is 0 Å². The summed E-state index contributed by atoms with van der Waals surface area (Å²) in [6.07, 6.45) is 0. The lowest BCUT2D eigenvalue weighted by atomic mass is 10.2. The summed E-state index contributed by atoms with van der Waals surface area (Å²) >= 11 is 0. The lowest BCUT2D eigenvalue weighted by molar-refractivity contribution is 0.640. The maximum Gasteiger partial charge on any atom is 0.132 e. The summed E-state index contributed by atoms with van der Waals surface area (Å²) in [4.78, 5) is 3.00. The van der Waals surface area contributed by atoms with Gasteiger partial charge in [-0.3, -0.25) is 0 Å². The molecule has 0 saturated heterocycles. The molecule has 1 heterocycles. The third-order valence-corrected chi connectivity index (χ3v) is 1.91. The number of nitrogens with two attached hydrogens (primary N) is 1. The molecule has 0 fully saturated rings. The zero-order chi connectivity index (χ0) is 8.72. The summed E-state index contributed by atoms with van der Waals surface area (Å²) < 4.78 is 13.1. The van der Waals surface area contributed by atoms with Crippen molar-refractivity contribution in [3.63, 3.8) is 0 Å². The largest absolute Gasteiger partial charge is 0.397 e. The van der Waals surface area contributed by atoms with Crippen molar-refractivity contribution in [3.05, 3.63) is 29.7 Å². The molecule has 0 bridgehead atoms. The molecule has 0 unspecified atom stereocenters. The maximum atomic E-state index is 13.1. The molecule has 2 rings (SSSR count). The Morgan fingerprint density at radius 1 is 1.42 bits per heavy atom. The molecule has 3 heteroatoms. The molecule has 1 aromatic heterocycles. The average Bonchev–Trinajstić information content (AvgIpc) is 2.41. The van der Waals surface area contributed by atoms with Crippen molar-refractivity contribution in [2.45, 2.75) is 6.92 Å². The van der Waals surface area contributed by atoms with Gasteiger partial charge in [-0.1, -0.05) is 0 Å². The summed E-state index contributed by atoms with van der Waals surface area (Å²) in [5, 5.41) is 0.563. The fraction of sp³-hybridized carbons (Fsp3) is 0.111. The number of nitrogen functional groups attached to an aromatic ring is 1. The second kappa shape index (κ2) is 2.24. The number of aromatic nitrogens is 1. The maximum absolute atomic E-state index is 13.1. The van der Waals surface area contributed by atoms with Gasteiger partial charge in [-0.15, -0.1) is 0 Å². The zero-order valence-corrected chi connectivity index (χ0v) is 6.69. The van der Waals surface area contributed by atoms with Gasteiger partial charge in [0.05, 0.1) is 11.2 Å². The Kier molecular flexibility index (Phi) is 1.33. The van der Waals surface area contributed by atoms with E-state index in [-0.39, 0.29) is 5.82 Å². The van der Waals surface area contributed by atoms with Crippen LogP contribution in [0.4, 0.5) is 10.1 Å². The van der Waals surface area contributed by atoms with Crippen molar-refractivity contribution in [3.8, 4) is 0 Å². The van der Waals surface area contributed by atoms with E-state index in [1.54, 1.807) is 12.1 Å². The Hall–Kier alpha value is -1.51. The first kappa shape index (κ1) is 7.16. The predicted molar refractivity (Wildman–Crippen MR) is 47.4 cm³/mol. The Balaban J connectivity index is 2.93.